The fraction of sp³-hybridized carbons (Fsp3) is 0.700. The second-order valence-corrected chi connectivity index (χ2v) is 7.08. The van der Waals surface area contributed by atoms with Crippen molar-refractivity contribution in [1.29, 1.82) is 0 Å². The molecule has 1 aliphatic rings. The van der Waals surface area contributed by atoms with E-state index in [-0.39, 0.29) is 6.61 Å². The molecule has 1 aromatic carbocycles. The number of aliphatic hydroxyl groups excluding tert-OH is 1. The van der Waals surface area contributed by atoms with E-state index < -0.39 is 6.10 Å². The van der Waals surface area contributed by atoms with E-state index in [2.05, 4.69) is 29.1 Å². The first kappa shape index (κ1) is 21.0. The average molecular weight is 366 g/mol. The summed E-state index contributed by atoms with van der Waals surface area (Å²) in [6, 6.07) is 5.98. The molecule has 1 atom stereocenters. The van der Waals surface area contributed by atoms with Gasteiger partial charge in [-0.15, -0.1) is 0 Å². The average Bonchev–Trinajstić information content (AvgIpc) is 2.65. The van der Waals surface area contributed by atoms with Gasteiger partial charge in [0.2, 0.25) is 0 Å². The Bertz CT molecular complexity index is 519. The molecule has 1 fully saturated rings. The Morgan fingerprint density at radius 3 is 2.65 bits per heavy atom. The molecular formula is C20H35N3O3. The topological polar surface area (TPSA) is 57.2 Å². The highest BCUT2D eigenvalue weighted by atomic mass is 16.5. The van der Waals surface area contributed by atoms with Crippen LogP contribution in [-0.4, -0.2) is 81.0 Å². The van der Waals surface area contributed by atoms with Gasteiger partial charge in [0.05, 0.1) is 7.11 Å². The summed E-state index contributed by atoms with van der Waals surface area (Å²) in [6.07, 6.45) is 1.86. The zero-order chi connectivity index (χ0) is 18.8. The molecule has 2 rings (SSSR count). The van der Waals surface area contributed by atoms with E-state index in [9.17, 15) is 5.11 Å². The molecule has 1 heterocycles. The summed E-state index contributed by atoms with van der Waals surface area (Å²) in [5.74, 6) is 1.40. The van der Waals surface area contributed by atoms with Gasteiger partial charge in [0.15, 0.2) is 11.5 Å². The number of unbranched alkanes of at least 4 members (excludes halogenated alkanes) is 1. The van der Waals surface area contributed by atoms with E-state index in [1.54, 1.807) is 7.11 Å². The van der Waals surface area contributed by atoms with Crippen LogP contribution in [0.15, 0.2) is 18.2 Å². The number of piperazine rings is 1. The number of hydrogen-bond donors (Lipinski definition) is 2. The highest BCUT2D eigenvalue weighted by molar-refractivity contribution is 5.43. The van der Waals surface area contributed by atoms with Gasteiger partial charge in [0.25, 0.3) is 0 Å². The second-order valence-electron chi connectivity index (χ2n) is 7.08. The monoisotopic (exact) mass is 365 g/mol. The molecule has 1 aliphatic heterocycles. The maximum absolute atomic E-state index is 10.3. The molecule has 0 aliphatic carbocycles. The summed E-state index contributed by atoms with van der Waals surface area (Å²) >= 11 is 0. The third-order valence-corrected chi connectivity index (χ3v) is 4.76. The maximum Gasteiger partial charge on any atom is 0.161 e. The number of hydrogen-bond acceptors (Lipinski definition) is 6. The summed E-state index contributed by atoms with van der Waals surface area (Å²) in [5, 5.41) is 13.8. The van der Waals surface area contributed by atoms with Crippen LogP contribution in [-0.2, 0) is 6.54 Å². The SMILES string of the molecule is CCCCNCc1ccc(OC)c(OC[C@H](O)CN2CCN(C)CC2)c1. The van der Waals surface area contributed by atoms with E-state index in [0.717, 1.165) is 44.8 Å². The lowest BCUT2D eigenvalue weighted by Crippen LogP contribution is -2.47. The molecule has 0 saturated carbocycles. The van der Waals surface area contributed by atoms with Crippen LogP contribution < -0.4 is 14.8 Å². The predicted molar refractivity (Wildman–Crippen MR) is 105 cm³/mol. The van der Waals surface area contributed by atoms with Crippen molar-refractivity contribution in [3.63, 3.8) is 0 Å². The largest absolute Gasteiger partial charge is 0.493 e. The fourth-order valence-electron chi connectivity index (χ4n) is 3.05. The second kappa shape index (κ2) is 11.4. The van der Waals surface area contributed by atoms with Crippen LogP contribution in [0.25, 0.3) is 0 Å². The van der Waals surface area contributed by atoms with Crippen LogP contribution in [0.3, 0.4) is 0 Å². The van der Waals surface area contributed by atoms with Gasteiger partial charge in [-0.25, -0.2) is 0 Å². The maximum atomic E-state index is 10.3. The van der Waals surface area contributed by atoms with Gasteiger partial charge in [0, 0.05) is 39.3 Å². The number of nitrogens with one attached hydrogen (secondary N) is 1. The summed E-state index contributed by atoms with van der Waals surface area (Å²) in [7, 11) is 3.77. The Kier molecular flexibility index (Phi) is 9.18. The highest BCUT2D eigenvalue weighted by Gasteiger charge is 2.18. The minimum Gasteiger partial charge on any atom is -0.493 e. The normalized spacial score (nSPS) is 17.2. The first-order valence-corrected chi connectivity index (χ1v) is 9.71. The van der Waals surface area contributed by atoms with Crippen molar-refractivity contribution in [2.75, 3.05) is 60.0 Å². The Hall–Kier alpha value is -1.34. The Labute approximate surface area is 158 Å². The van der Waals surface area contributed by atoms with Crippen LogP contribution in [0.2, 0.25) is 0 Å². The van der Waals surface area contributed by atoms with Crippen molar-refractivity contribution in [1.82, 2.24) is 15.1 Å². The van der Waals surface area contributed by atoms with Crippen LogP contribution in [0, 0.1) is 0 Å². The quantitative estimate of drug-likeness (QED) is 0.581. The summed E-state index contributed by atoms with van der Waals surface area (Å²) in [6.45, 7) is 9.03. The summed E-state index contributed by atoms with van der Waals surface area (Å²) in [5.41, 5.74) is 1.16. The van der Waals surface area contributed by atoms with Crippen molar-refractivity contribution >= 4 is 0 Å². The van der Waals surface area contributed by atoms with Crippen LogP contribution in [0.1, 0.15) is 25.3 Å². The van der Waals surface area contributed by atoms with E-state index in [1.807, 2.05) is 18.2 Å². The van der Waals surface area contributed by atoms with Crippen molar-refractivity contribution in [2.45, 2.75) is 32.4 Å². The molecule has 148 valence electrons. The van der Waals surface area contributed by atoms with Crippen LogP contribution in [0.4, 0.5) is 0 Å². The first-order valence-electron chi connectivity index (χ1n) is 9.71. The molecule has 0 radical (unpaired) electrons. The lowest BCUT2D eigenvalue weighted by molar-refractivity contribution is 0.0498. The van der Waals surface area contributed by atoms with E-state index in [0.29, 0.717) is 18.0 Å². The zero-order valence-electron chi connectivity index (χ0n) is 16.5. The van der Waals surface area contributed by atoms with Crippen molar-refractivity contribution in [3.05, 3.63) is 23.8 Å². The third-order valence-electron chi connectivity index (χ3n) is 4.76. The standard InChI is InChI=1S/C20H35N3O3/c1-4-5-8-21-14-17-6-7-19(25-3)20(13-17)26-16-18(24)15-23-11-9-22(2)10-12-23/h6-7,13,18,21,24H,4-5,8-12,14-16H2,1-3H3/t18-/m1/s1. The molecule has 0 amide bonds. The number of methoxy groups -OCH3 is 1. The molecule has 1 aromatic rings. The molecule has 0 spiro atoms. The van der Waals surface area contributed by atoms with E-state index in [4.69, 9.17) is 9.47 Å². The van der Waals surface area contributed by atoms with Gasteiger partial charge >= 0.3 is 0 Å². The Balaban J connectivity index is 1.82. The molecular weight excluding hydrogens is 330 g/mol. The van der Waals surface area contributed by atoms with Gasteiger partial charge in [-0.3, -0.25) is 4.90 Å². The van der Waals surface area contributed by atoms with Crippen molar-refractivity contribution < 1.29 is 14.6 Å². The Morgan fingerprint density at radius 1 is 1.19 bits per heavy atom. The number of benzene rings is 1. The van der Waals surface area contributed by atoms with E-state index in [1.165, 1.54) is 12.8 Å². The van der Waals surface area contributed by atoms with Gasteiger partial charge < -0.3 is 24.8 Å². The number of ether oxygens (including phenoxy) is 2. The molecule has 0 bridgehead atoms. The minimum atomic E-state index is -0.505. The minimum absolute atomic E-state index is 0.273. The van der Waals surface area contributed by atoms with Crippen molar-refractivity contribution in [2.24, 2.45) is 0 Å². The van der Waals surface area contributed by atoms with Gasteiger partial charge in [-0.2, -0.15) is 0 Å². The summed E-state index contributed by atoms with van der Waals surface area (Å²) < 4.78 is 11.3. The predicted octanol–water partition coefficient (Wildman–Crippen LogP) is 1.57. The third kappa shape index (κ3) is 7.11. The number of nitrogens with zero attached hydrogens (tertiary/aromatic N) is 2. The van der Waals surface area contributed by atoms with Crippen LogP contribution in [0.5, 0.6) is 11.5 Å². The zero-order valence-corrected chi connectivity index (χ0v) is 16.5. The fourth-order valence-corrected chi connectivity index (χ4v) is 3.05. The Morgan fingerprint density at radius 2 is 1.96 bits per heavy atom. The van der Waals surface area contributed by atoms with Crippen molar-refractivity contribution in [3.8, 4) is 11.5 Å². The molecule has 26 heavy (non-hydrogen) atoms. The molecule has 6 nitrogen and oxygen atoms in total. The smallest absolute Gasteiger partial charge is 0.161 e. The van der Waals surface area contributed by atoms with E-state index >= 15 is 0 Å². The first-order chi connectivity index (χ1) is 12.6. The molecule has 1 saturated heterocycles. The molecule has 0 unspecified atom stereocenters. The lowest BCUT2D eigenvalue weighted by Gasteiger charge is -2.33. The summed E-state index contributed by atoms with van der Waals surface area (Å²) in [4.78, 5) is 4.60. The number of rotatable bonds is 11. The number of likely N-dealkylation sites (N-methyl/N-ethyl adjacent to an activating group) is 1. The molecule has 0 aromatic heterocycles. The van der Waals surface area contributed by atoms with Crippen LogP contribution >= 0.6 is 0 Å². The van der Waals surface area contributed by atoms with Gasteiger partial charge in [0.1, 0.15) is 12.7 Å². The van der Waals surface area contributed by atoms with Gasteiger partial charge in [-0.05, 0) is 37.7 Å². The molecule has 2 N–H and O–H groups in total. The highest BCUT2D eigenvalue weighted by Crippen LogP contribution is 2.28. The number of aliphatic hydroxyl groups is 1. The molecule has 6 heteroatoms. The number of β-amino-alcohol motifs (C(OH)–C–C–N with tert-alkyl or cyclic N) is 1. The van der Waals surface area contributed by atoms with Gasteiger partial charge in [-0.1, -0.05) is 19.4 Å². The lowest BCUT2D eigenvalue weighted by atomic mass is 10.2.